The molecule has 2 N–H and O–H groups in total. The lowest BCUT2D eigenvalue weighted by molar-refractivity contribution is 0.289. The zero-order valence-corrected chi connectivity index (χ0v) is 11.1. The Morgan fingerprint density at radius 1 is 1.40 bits per heavy atom. The Morgan fingerprint density at radius 3 is 2.60 bits per heavy atom. The van der Waals surface area contributed by atoms with Gasteiger partial charge in [0, 0.05) is 4.47 Å². The summed E-state index contributed by atoms with van der Waals surface area (Å²) in [5.74, 6) is 1.47. The van der Waals surface area contributed by atoms with E-state index >= 15 is 0 Å². The van der Waals surface area contributed by atoms with Crippen molar-refractivity contribution in [1.29, 1.82) is 0 Å². The summed E-state index contributed by atoms with van der Waals surface area (Å²) in [6, 6.07) is 3.89. The highest BCUT2D eigenvalue weighted by Crippen LogP contribution is 2.30. The number of benzene rings is 1. The lowest BCUT2D eigenvalue weighted by Gasteiger charge is -2.13. The zero-order chi connectivity index (χ0) is 11.4. The van der Waals surface area contributed by atoms with Crippen LogP contribution >= 0.6 is 15.9 Å². The van der Waals surface area contributed by atoms with E-state index in [1.807, 2.05) is 19.1 Å². The van der Waals surface area contributed by atoms with Gasteiger partial charge in [0.1, 0.15) is 5.75 Å². The fourth-order valence-electron chi connectivity index (χ4n) is 1.35. The molecule has 0 aliphatic heterocycles. The number of ether oxygens (including phenoxy) is 1. The molecule has 0 bridgehead atoms. The van der Waals surface area contributed by atoms with Gasteiger partial charge >= 0.3 is 0 Å². The van der Waals surface area contributed by atoms with E-state index in [1.165, 1.54) is 0 Å². The Bertz CT molecular complexity index is 313. The van der Waals surface area contributed by atoms with Crippen molar-refractivity contribution in [2.45, 2.75) is 27.2 Å². The van der Waals surface area contributed by atoms with E-state index in [0.29, 0.717) is 11.6 Å². The second kappa shape index (κ2) is 5.40. The molecule has 0 amide bonds. The minimum atomic E-state index is 0.655. The van der Waals surface area contributed by atoms with Gasteiger partial charge in [-0.1, -0.05) is 29.8 Å². The highest BCUT2D eigenvalue weighted by atomic mass is 79.9. The number of anilines is 1. The second-order valence-electron chi connectivity index (χ2n) is 4.17. The number of nitrogens with two attached hydrogens (primary N) is 1. The third-order valence-corrected chi connectivity index (χ3v) is 2.67. The summed E-state index contributed by atoms with van der Waals surface area (Å²) in [5.41, 5.74) is 7.66. The Hall–Kier alpha value is -0.700. The third-order valence-electron chi connectivity index (χ3n) is 2.21. The van der Waals surface area contributed by atoms with Crippen molar-refractivity contribution >= 4 is 21.6 Å². The van der Waals surface area contributed by atoms with Gasteiger partial charge in [-0.2, -0.15) is 0 Å². The van der Waals surface area contributed by atoms with Crippen LogP contribution in [0.2, 0.25) is 0 Å². The highest BCUT2D eigenvalue weighted by Gasteiger charge is 2.06. The van der Waals surface area contributed by atoms with Gasteiger partial charge in [-0.3, -0.25) is 0 Å². The van der Waals surface area contributed by atoms with Crippen LogP contribution < -0.4 is 10.5 Å². The Morgan fingerprint density at radius 2 is 2.07 bits per heavy atom. The van der Waals surface area contributed by atoms with Gasteiger partial charge in [-0.25, -0.2) is 0 Å². The molecule has 84 valence electrons. The predicted octanol–water partition coefficient (Wildman–Crippen LogP) is 3.76. The Balaban J connectivity index is 2.68. The third kappa shape index (κ3) is 3.74. The normalized spacial score (nSPS) is 10.7. The molecule has 0 atom stereocenters. The van der Waals surface area contributed by atoms with E-state index in [0.717, 1.165) is 28.8 Å². The van der Waals surface area contributed by atoms with Crippen molar-refractivity contribution < 1.29 is 4.74 Å². The molecule has 1 aromatic rings. The molecule has 0 aliphatic rings. The van der Waals surface area contributed by atoms with Crippen LogP contribution in [0.25, 0.3) is 0 Å². The first-order chi connectivity index (χ1) is 7.00. The van der Waals surface area contributed by atoms with Crippen LogP contribution in [0.5, 0.6) is 5.75 Å². The molecule has 1 aromatic carbocycles. The van der Waals surface area contributed by atoms with Gasteiger partial charge < -0.3 is 10.5 Å². The van der Waals surface area contributed by atoms with E-state index in [9.17, 15) is 0 Å². The molecule has 0 saturated carbocycles. The van der Waals surface area contributed by atoms with E-state index in [1.54, 1.807) is 0 Å². The molecule has 0 spiro atoms. The molecule has 0 aliphatic carbocycles. The number of hydrogen-bond acceptors (Lipinski definition) is 2. The van der Waals surface area contributed by atoms with Crippen molar-refractivity contribution in [3.05, 3.63) is 22.2 Å². The number of rotatable bonds is 4. The molecule has 0 radical (unpaired) electrons. The topological polar surface area (TPSA) is 35.2 Å². The van der Waals surface area contributed by atoms with E-state index in [-0.39, 0.29) is 0 Å². The van der Waals surface area contributed by atoms with Gasteiger partial charge in [-0.15, -0.1) is 0 Å². The van der Waals surface area contributed by atoms with Crippen LogP contribution in [0.15, 0.2) is 16.6 Å². The van der Waals surface area contributed by atoms with Gasteiger partial charge in [0.2, 0.25) is 0 Å². The fraction of sp³-hybridized carbons (Fsp3) is 0.500. The van der Waals surface area contributed by atoms with Gasteiger partial charge in [0.25, 0.3) is 0 Å². The maximum Gasteiger partial charge on any atom is 0.145 e. The SMILES string of the molecule is Cc1cc(Br)cc(N)c1OCCC(C)C. The van der Waals surface area contributed by atoms with Crippen molar-refractivity contribution in [1.82, 2.24) is 0 Å². The van der Waals surface area contributed by atoms with Crippen LogP contribution in [0, 0.1) is 12.8 Å². The van der Waals surface area contributed by atoms with Crippen molar-refractivity contribution in [3.63, 3.8) is 0 Å². The lowest BCUT2D eigenvalue weighted by Crippen LogP contribution is -2.04. The van der Waals surface area contributed by atoms with E-state index < -0.39 is 0 Å². The summed E-state index contributed by atoms with van der Waals surface area (Å²) in [6.07, 6.45) is 1.05. The summed E-state index contributed by atoms with van der Waals surface area (Å²) in [6.45, 7) is 7.10. The minimum absolute atomic E-state index is 0.655. The van der Waals surface area contributed by atoms with Crippen LogP contribution in [0.1, 0.15) is 25.8 Å². The average Bonchev–Trinajstić information content (AvgIpc) is 2.08. The highest BCUT2D eigenvalue weighted by molar-refractivity contribution is 9.10. The van der Waals surface area contributed by atoms with Crippen molar-refractivity contribution in [2.75, 3.05) is 12.3 Å². The molecule has 0 fully saturated rings. The largest absolute Gasteiger partial charge is 0.491 e. The van der Waals surface area contributed by atoms with Crippen molar-refractivity contribution in [3.8, 4) is 5.75 Å². The lowest BCUT2D eigenvalue weighted by atomic mass is 10.1. The quantitative estimate of drug-likeness (QED) is 0.847. The Kier molecular flexibility index (Phi) is 4.45. The molecule has 15 heavy (non-hydrogen) atoms. The standard InChI is InChI=1S/C12H18BrNO/c1-8(2)4-5-15-12-9(3)6-10(13)7-11(12)14/h6-8H,4-5,14H2,1-3H3. The molecule has 1 rings (SSSR count). The first-order valence-corrected chi connectivity index (χ1v) is 5.98. The monoisotopic (exact) mass is 271 g/mol. The average molecular weight is 272 g/mol. The van der Waals surface area contributed by atoms with Crippen molar-refractivity contribution in [2.24, 2.45) is 5.92 Å². The molecule has 0 saturated heterocycles. The van der Waals surface area contributed by atoms with Crippen LogP contribution in [-0.2, 0) is 0 Å². The predicted molar refractivity (Wildman–Crippen MR) is 68.2 cm³/mol. The molecular formula is C12H18BrNO. The smallest absolute Gasteiger partial charge is 0.145 e. The zero-order valence-electron chi connectivity index (χ0n) is 9.51. The molecule has 0 unspecified atom stereocenters. The van der Waals surface area contributed by atoms with Crippen LogP contribution in [0.4, 0.5) is 5.69 Å². The minimum Gasteiger partial charge on any atom is -0.491 e. The number of aryl methyl sites for hydroxylation is 1. The van der Waals surface area contributed by atoms with E-state index in [4.69, 9.17) is 10.5 Å². The van der Waals surface area contributed by atoms with Gasteiger partial charge in [0.05, 0.1) is 12.3 Å². The Labute approximate surface area is 99.9 Å². The summed E-state index contributed by atoms with van der Waals surface area (Å²) in [5, 5.41) is 0. The first kappa shape index (κ1) is 12.4. The number of halogens is 1. The van der Waals surface area contributed by atoms with Gasteiger partial charge in [0.15, 0.2) is 0 Å². The maximum atomic E-state index is 5.88. The number of hydrogen-bond donors (Lipinski definition) is 1. The summed E-state index contributed by atoms with van der Waals surface area (Å²) in [7, 11) is 0. The molecule has 0 heterocycles. The fourth-order valence-corrected chi connectivity index (χ4v) is 1.94. The second-order valence-corrected chi connectivity index (χ2v) is 5.09. The van der Waals surface area contributed by atoms with E-state index in [2.05, 4.69) is 29.8 Å². The first-order valence-electron chi connectivity index (χ1n) is 5.19. The molecule has 2 nitrogen and oxygen atoms in total. The van der Waals surface area contributed by atoms with Gasteiger partial charge in [-0.05, 0) is 37.0 Å². The van der Waals surface area contributed by atoms with Crippen LogP contribution in [-0.4, -0.2) is 6.61 Å². The molecular weight excluding hydrogens is 254 g/mol. The molecule has 0 aromatic heterocycles. The maximum absolute atomic E-state index is 5.88. The summed E-state index contributed by atoms with van der Waals surface area (Å²) >= 11 is 3.40. The summed E-state index contributed by atoms with van der Waals surface area (Å²) in [4.78, 5) is 0. The number of nitrogen functional groups attached to an aromatic ring is 1. The summed E-state index contributed by atoms with van der Waals surface area (Å²) < 4.78 is 6.68. The van der Waals surface area contributed by atoms with Crippen LogP contribution in [0.3, 0.4) is 0 Å². The molecule has 3 heteroatoms.